The Morgan fingerprint density at radius 3 is 2.88 bits per heavy atom. The molecule has 2 N–H and O–H groups in total. The summed E-state index contributed by atoms with van der Waals surface area (Å²) in [6.07, 6.45) is 3.55. The largest absolute Gasteiger partial charge is 0.480 e. The highest BCUT2D eigenvalue weighted by Gasteiger charge is 2.10. The minimum absolute atomic E-state index is 0.195. The van der Waals surface area contributed by atoms with E-state index in [1.54, 1.807) is 12.3 Å². The molecule has 134 valence electrons. The zero-order chi connectivity index (χ0) is 18.4. The molecule has 3 rings (SSSR count). The van der Waals surface area contributed by atoms with E-state index in [1.165, 1.54) is 13.4 Å². The van der Waals surface area contributed by atoms with E-state index in [0.29, 0.717) is 29.6 Å². The van der Waals surface area contributed by atoms with E-state index >= 15 is 0 Å². The van der Waals surface area contributed by atoms with Crippen LogP contribution in [0.2, 0.25) is 0 Å². The molecule has 0 spiro atoms. The standard InChI is InChI=1S/C17H17N5O3S/c1-25-16-14(6-3-8-18-16)15-19-11-20-17(22-15)21-13-5-2-4-12(10-13)7-9-26(23)24/h2-6,8,10-11H,7,9H2,1H3,(H,23,24)(H,19,20,21,22). The number of anilines is 2. The van der Waals surface area contributed by atoms with Crippen molar-refractivity contribution in [2.45, 2.75) is 6.42 Å². The zero-order valence-corrected chi connectivity index (χ0v) is 14.8. The second-order valence-electron chi connectivity index (χ2n) is 5.29. The van der Waals surface area contributed by atoms with Gasteiger partial charge < -0.3 is 14.6 Å². The molecule has 0 bridgehead atoms. The molecule has 0 aliphatic rings. The van der Waals surface area contributed by atoms with Gasteiger partial charge in [0.25, 0.3) is 0 Å². The molecule has 0 aliphatic carbocycles. The maximum absolute atomic E-state index is 10.8. The number of benzene rings is 1. The molecule has 1 unspecified atom stereocenters. The van der Waals surface area contributed by atoms with Crippen molar-refractivity contribution in [1.82, 2.24) is 19.9 Å². The van der Waals surface area contributed by atoms with E-state index in [2.05, 4.69) is 25.3 Å². The molecule has 0 radical (unpaired) electrons. The first-order chi connectivity index (χ1) is 12.7. The van der Waals surface area contributed by atoms with Crippen molar-refractivity contribution in [3.8, 4) is 17.3 Å². The fraction of sp³-hybridized carbons (Fsp3) is 0.176. The Morgan fingerprint density at radius 2 is 2.08 bits per heavy atom. The summed E-state index contributed by atoms with van der Waals surface area (Å²) in [5.74, 6) is 1.45. The summed E-state index contributed by atoms with van der Waals surface area (Å²) in [6.45, 7) is 0. The summed E-state index contributed by atoms with van der Waals surface area (Å²) in [6, 6.07) is 11.1. The quantitative estimate of drug-likeness (QED) is 0.610. The molecule has 0 amide bonds. The topological polar surface area (TPSA) is 110 Å². The normalized spacial score (nSPS) is 11.8. The second-order valence-corrected chi connectivity index (χ2v) is 6.35. The number of hydrogen-bond donors (Lipinski definition) is 2. The molecule has 0 saturated carbocycles. The third kappa shape index (κ3) is 4.58. The number of nitrogens with zero attached hydrogens (tertiary/aromatic N) is 4. The average Bonchev–Trinajstić information content (AvgIpc) is 2.67. The van der Waals surface area contributed by atoms with Gasteiger partial charge in [-0.2, -0.15) is 4.98 Å². The molecule has 3 aromatic rings. The van der Waals surface area contributed by atoms with Crippen molar-refractivity contribution >= 4 is 22.7 Å². The first kappa shape index (κ1) is 17.9. The third-order valence-corrected chi connectivity index (χ3v) is 4.08. The first-order valence-corrected chi connectivity index (χ1v) is 9.05. The van der Waals surface area contributed by atoms with Crippen LogP contribution in [-0.2, 0) is 17.5 Å². The van der Waals surface area contributed by atoms with Crippen molar-refractivity contribution in [1.29, 1.82) is 0 Å². The Kier molecular flexibility index (Phi) is 5.82. The third-order valence-electron chi connectivity index (χ3n) is 3.53. The summed E-state index contributed by atoms with van der Waals surface area (Å²) in [5, 5.41) is 3.12. The maximum Gasteiger partial charge on any atom is 0.230 e. The fourth-order valence-electron chi connectivity index (χ4n) is 2.35. The Hall–Kier alpha value is -2.91. The molecule has 2 aromatic heterocycles. The van der Waals surface area contributed by atoms with Crippen molar-refractivity contribution in [2.24, 2.45) is 0 Å². The molecule has 1 atom stereocenters. The van der Waals surface area contributed by atoms with E-state index in [1.807, 2.05) is 30.3 Å². The predicted octanol–water partition coefficient (Wildman–Crippen LogP) is 2.45. The summed E-state index contributed by atoms with van der Waals surface area (Å²) in [5.41, 5.74) is 2.39. The number of aryl methyl sites for hydroxylation is 1. The van der Waals surface area contributed by atoms with Crippen molar-refractivity contribution in [3.63, 3.8) is 0 Å². The first-order valence-electron chi connectivity index (χ1n) is 7.77. The Bertz CT molecular complexity index is 922. The van der Waals surface area contributed by atoms with Crippen LogP contribution in [0.3, 0.4) is 0 Å². The van der Waals surface area contributed by atoms with Gasteiger partial charge in [0.1, 0.15) is 6.33 Å². The molecule has 0 aliphatic heterocycles. The van der Waals surface area contributed by atoms with E-state index in [4.69, 9.17) is 9.29 Å². The number of hydrogen-bond acceptors (Lipinski definition) is 7. The highest BCUT2D eigenvalue weighted by atomic mass is 32.2. The summed E-state index contributed by atoms with van der Waals surface area (Å²) in [4.78, 5) is 16.9. The van der Waals surface area contributed by atoms with Gasteiger partial charge in [0, 0.05) is 11.9 Å². The van der Waals surface area contributed by atoms with Crippen LogP contribution in [0, 0.1) is 0 Å². The number of aromatic nitrogens is 4. The lowest BCUT2D eigenvalue weighted by Crippen LogP contribution is -2.02. The smallest absolute Gasteiger partial charge is 0.230 e. The molecule has 1 aromatic carbocycles. The van der Waals surface area contributed by atoms with E-state index < -0.39 is 11.1 Å². The second kappa shape index (κ2) is 8.45. The monoisotopic (exact) mass is 371 g/mol. The Labute approximate surface area is 153 Å². The number of ether oxygens (including phenoxy) is 1. The molecule has 26 heavy (non-hydrogen) atoms. The summed E-state index contributed by atoms with van der Waals surface area (Å²) in [7, 11) is 1.54. The number of methoxy groups -OCH3 is 1. The van der Waals surface area contributed by atoms with Gasteiger partial charge in [-0.3, -0.25) is 0 Å². The molecular formula is C17H17N5O3S. The van der Waals surface area contributed by atoms with Gasteiger partial charge in [0.05, 0.1) is 18.4 Å². The average molecular weight is 371 g/mol. The maximum atomic E-state index is 10.8. The van der Waals surface area contributed by atoms with Crippen LogP contribution >= 0.6 is 0 Å². The summed E-state index contributed by atoms with van der Waals surface area (Å²) < 4.78 is 25.0. The highest BCUT2D eigenvalue weighted by Crippen LogP contribution is 2.25. The van der Waals surface area contributed by atoms with Gasteiger partial charge in [0.15, 0.2) is 16.9 Å². The minimum atomic E-state index is -1.81. The van der Waals surface area contributed by atoms with E-state index in [-0.39, 0.29) is 5.75 Å². The van der Waals surface area contributed by atoms with Gasteiger partial charge >= 0.3 is 0 Å². The lowest BCUT2D eigenvalue weighted by molar-refractivity contribution is 0.399. The van der Waals surface area contributed by atoms with Crippen LogP contribution in [0.5, 0.6) is 5.88 Å². The van der Waals surface area contributed by atoms with Crippen molar-refractivity contribution in [3.05, 3.63) is 54.5 Å². The van der Waals surface area contributed by atoms with Gasteiger partial charge in [-0.1, -0.05) is 12.1 Å². The predicted molar refractivity (Wildman–Crippen MR) is 98.7 cm³/mol. The Morgan fingerprint density at radius 1 is 1.19 bits per heavy atom. The molecular weight excluding hydrogens is 354 g/mol. The Balaban J connectivity index is 1.81. The fourth-order valence-corrected chi connectivity index (χ4v) is 2.76. The molecule has 0 saturated heterocycles. The SMILES string of the molecule is COc1ncccc1-c1ncnc(Nc2cccc(CCS(=O)O)c2)n1. The van der Waals surface area contributed by atoms with Crippen LogP contribution in [0.25, 0.3) is 11.4 Å². The van der Waals surface area contributed by atoms with Crippen LogP contribution in [0.4, 0.5) is 11.6 Å². The summed E-state index contributed by atoms with van der Waals surface area (Å²) >= 11 is -1.81. The highest BCUT2D eigenvalue weighted by molar-refractivity contribution is 7.79. The van der Waals surface area contributed by atoms with Gasteiger partial charge in [-0.15, -0.1) is 0 Å². The van der Waals surface area contributed by atoms with E-state index in [9.17, 15) is 4.21 Å². The lowest BCUT2D eigenvalue weighted by atomic mass is 10.1. The lowest BCUT2D eigenvalue weighted by Gasteiger charge is -2.09. The number of nitrogens with one attached hydrogen (secondary N) is 1. The van der Waals surface area contributed by atoms with Crippen LogP contribution in [-0.4, -0.2) is 41.6 Å². The van der Waals surface area contributed by atoms with Gasteiger partial charge in [-0.25, -0.2) is 19.2 Å². The minimum Gasteiger partial charge on any atom is -0.480 e. The van der Waals surface area contributed by atoms with Crippen LogP contribution in [0.1, 0.15) is 5.56 Å². The molecule has 2 heterocycles. The van der Waals surface area contributed by atoms with Crippen LogP contribution < -0.4 is 10.1 Å². The molecule has 0 fully saturated rings. The zero-order valence-electron chi connectivity index (χ0n) is 14.0. The molecule has 8 nitrogen and oxygen atoms in total. The number of pyridine rings is 1. The van der Waals surface area contributed by atoms with E-state index in [0.717, 1.165) is 11.3 Å². The van der Waals surface area contributed by atoms with Gasteiger partial charge in [-0.05, 0) is 36.2 Å². The van der Waals surface area contributed by atoms with Crippen molar-refractivity contribution < 1.29 is 13.5 Å². The molecule has 9 heteroatoms. The van der Waals surface area contributed by atoms with Gasteiger partial charge in [0.2, 0.25) is 11.8 Å². The van der Waals surface area contributed by atoms with Crippen molar-refractivity contribution in [2.75, 3.05) is 18.2 Å². The van der Waals surface area contributed by atoms with Crippen LogP contribution in [0.15, 0.2) is 48.9 Å². The number of rotatable bonds is 7.